The van der Waals surface area contributed by atoms with Crippen LogP contribution in [0.25, 0.3) is 0 Å². The van der Waals surface area contributed by atoms with E-state index in [0.29, 0.717) is 6.61 Å². The molecule has 22 heavy (non-hydrogen) atoms. The molecule has 3 unspecified atom stereocenters. The van der Waals surface area contributed by atoms with Crippen molar-refractivity contribution in [2.24, 2.45) is 0 Å². The van der Waals surface area contributed by atoms with E-state index < -0.39 is 5.97 Å². The molecule has 1 fully saturated rings. The van der Waals surface area contributed by atoms with Crippen molar-refractivity contribution in [1.82, 2.24) is 20.0 Å². The van der Waals surface area contributed by atoms with Gasteiger partial charge in [-0.15, -0.1) is 0 Å². The number of urea groups is 1. The van der Waals surface area contributed by atoms with E-state index in [1.807, 2.05) is 19.2 Å². The van der Waals surface area contributed by atoms with Crippen molar-refractivity contribution < 1.29 is 19.4 Å². The molecule has 1 aliphatic rings. The van der Waals surface area contributed by atoms with E-state index in [1.54, 1.807) is 17.9 Å². The molecule has 1 aromatic heterocycles. The molecule has 3 atom stereocenters. The standard InChI is InChI=1S/C14H22N4O4/c1-3-22-11-9-10(13(11)18-7-4-6-15-18)16-14(21)17(2)8-5-12(19)20/h4,6-7,10-11,13H,3,5,8-9H2,1-2H3,(H,16,21)(H,19,20). The van der Waals surface area contributed by atoms with Crippen LogP contribution in [0, 0.1) is 0 Å². The molecule has 2 amide bonds. The summed E-state index contributed by atoms with van der Waals surface area (Å²) in [4.78, 5) is 24.0. The minimum Gasteiger partial charge on any atom is -0.481 e. The van der Waals surface area contributed by atoms with Gasteiger partial charge in [0, 0.05) is 32.6 Å². The fourth-order valence-corrected chi connectivity index (χ4v) is 2.56. The first-order valence-electron chi connectivity index (χ1n) is 7.37. The van der Waals surface area contributed by atoms with Crippen molar-refractivity contribution in [2.75, 3.05) is 20.2 Å². The van der Waals surface area contributed by atoms with Gasteiger partial charge in [-0.25, -0.2) is 4.79 Å². The van der Waals surface area contributed by atoms with Crippen LogP contribution in [0.3, 0.4) is 0 Å². The van der Waals surface area contributed by atoms with E-state index in [0.717, 1.165) is 6.42 Å². The van der Waals surface area contributed by atoms with E-state index in [-0.39, 0.29) is 37.2 Å². The first-order chi connectivity index (χ1) is 10.5. The second-order valence-corrected chi connectivity index (χ2v) is 5.33. The predicted molar refractivity (Wildman–Crippen MR) is 78.5 cm³/mol. The molecule has 1 saturated carbocycles. The van der Waals surface area contributed by atoms with Crippen molar-refractivity contribution in [3.8, 4) is 0 Å². The van der Waals surface area contributed by atoms with Crippen molar-refractivity contribution in [3.05, 3.63) is 18.5 Å². The molecule has 2 N–H and O–H groups in total. The molecular formula is C14H22N4O4. The fraction of sp³-hybridized carbons (Fsp3) is 0.643. The Morgan fingerprint density at radius 2 is 2.32 bits per heavy atom. The molecule has 0 radical (unpaired) electrons. The summed E-state index contributed by atoms with van der Waals surface area (Å²) < 4.78 is 7.46. The van der Waals surface area contributed by atoms with Gasteiger partial charge in [0.2, 0.25) is 0 Å². The SMILES string of the molecule is CCOC1CC(NC(=O)N(C)CCC(=O)O)C1n1cccn1. The molecule has 0 aromatic carbocycles. The number of carboxylic acids is 1. The number of nitrogens with one attached hydrogen (secondary N) is 1. The number of ether oxygens (including phenoxy) is 1. The molecule has 1 heterocycles. The molecule has 0 bridgehead atoms. The van der Waals surface area contributed by atoms with Gasteiger partial charge < -0.3 is 20.1 Å². The average Bonchev–Trinajstić information content (AvgIpc) is 2.96. The summed E-state index contributed by atoms with van der Waals surface area (Å²) in [7, 11) is 1.58. The summed E-state index contributed by atoms with van der Waals surface area (Å²) in [5.41, 5.74) is 0. The second kappa shape index (κ2) is 7.26. The lowest BCUT2D eigenvalue weighted by atomic mass is 9.82. The highest BCUT2D eigenvalue weighted by molar-refractivity contribution is 5.75. The van der Waals surface area contributed by atoms with Gasteiger partial charge in [-0.1, -0.05) is 0 Å². The van der Waals surface area contributed by atoms with Gasteiger partial charge in [0.05, 0.1) is 24.6 Å². The molecule has 8 heteroatoms. The smallest absolute Gasteiger partial charge is 0.317 e. The van der Waals surface area contributed by atoms with Gasteiger partial charge in [0.25, 0.3) is 0 Å². The van der Waals surface area contributed by atoms with Crippen LogP contribution in [0.1, 0.15) is 25.8 Å². The summed E-state index contributed by atoms with van der Waals surface area (Å²) >= 11 is 0. The van der Waals surface area contributed by atoms with E-state index in [4.69, 9.17) is 9.84 Å². The molecule has 122 valence electrons. The van der Waals surface area contributed by atoms with Crippen LogP contribution >= 0.6 is 0 Å². The van der Waals surface area contributed by atoms with Gasteiger partial charge in [-0.05, 0) is 19.4 Å². The summed E-state index contributed by atoms with van der Waals surface area (Å²) in [5.74, 6) is -0.922. The molecule has 2 rings (SSSR count). The lowest BCUT2D eigenvalue weighted by Gasteiger charge is -2.44. The molecule has 8 nitrogen and oxygen atoms in total. The van der Waals surface area contributed by atoms with E-state index in [9.17, 15) is 9.59 Å². The van der Waals surface area contributed by atoms with Gasteiger partial charge in [0.15, 0.2) is 0 Å². The Labute approximate surface area is 129 Å². The summed E-state index contributed by atoms with van der Waals surface area (Å²) in [5, 5.41) is 15.8. The highest BCUT2D eigenvalue weighted by Crippen LogP contribution is 2.35. The van der Waals surface area contributed by atoms with Gasteiger partial charge in [-0.3, -0.25) is 9.48 Å². The third kappa shape index (κ3) is 3.76. The minimum absolute atomic E-state index is 0.0273. The summed E-state index contributed by atoms with van der Waals surface area (Å²) in [6.07, 6.45) is 4.22. The van der Waals surface area contributed by atoms with Crippen LogP contribution in [0.4, 0.5) is 4.79 Å². The van der Waals surface area contributed by atoms with Crippen molar-refractivity contribution in [1.29, 1.82) is 0 Å². The van der Waals surface area contributed by atoms with Crippen LogP contribution in [0.5, 0.6) is 0 Å². The molecule has 0 saturated heterocycles. The van der Waals surface area contributed by atoms with Crippen LogP contribution in [-0.4, -0.2) is 64.1 Å². The monoisotopic (exact) mass is 310 g/mol. The zero-order valence-corrected chi connectivity index (χ0v) is 12.8. The maximum absolute atomic E-state index is 12.1. The first-order valence-corrected chi connectivity index (χ1v) is 7.37. The highest BCUT2D eigenvalue weighted by Gasteiger charge is 2.44. The lowest BCUT2D eigenvalue weighted by molar-refractivity contribution is -0.137. The number of hydrogen-bond acceptors (Lipinski definition) is 4. The summed E-state index contributed by atoms with van der Waals surface area (Å²) in [6.45, 7) is 2.72. The lowest BCUT2D eigenvalue weighted by Crippen LogP contribution is -2.58. The maximum Gasteiger partial charge on any atom is 0.317 e. The summed E-state index contributed by atoms with van der Waals surface area (Å²) in [6, 6.07) is 1.44. The zero-order chi connectivity index (χ0) is 16.1. The Kier molecular flexibility index (Phi) is 5.37. The molecular weight excluding hydrogens is 288 g/mol. The van der Waals surface area contributed by atoms with E-state index >= 15 is 0 Å². The number of aromatic nitrogens is 2. The highest BCUT2D eigenvalue weighted by atomic mass is 16.5. The molecule has 1 aromatic rings. The van der Waals surface area contributed by atoms with Crippen LogP contribution < -0.4 is 5.32 Å². The quantitative estimate of drug-likeness (QED) is 0.773. The van der Waals surface area contributed by atoms with Crippen LogP contribution in [-0.2, 0) is 9.53 Å². The largest absolute Gasteiger partial charge is 0.481 e. The number of nitrogens with zero attached hydrogens (tertiary/aromatic N) is 3. The van der Waals surface area contributed by atoms with Gasteiger partial charge in [0.1, 0.15) is 0 Å². The Morgan fingerprint density at radius 1 is 1.55 bits per heavy atom. The predicted octanol–water partition coefficient (Wildman–Crippen LogP) is 0.718. The number of carbonyl (C=O) groups is 2. The van der Waals surface area contributed by atoms with Crippen molar-refractivity contribution in [2.45, 2.75) is 38.0 Å². The number of carbonyl (C=O) groups excluding carboxylic acids is 1. The fourth-order valence-electron chi connectivity index (χ4n) is 2.56. The van der Waals surface area contributed by atoms with Gasteiger partial charge >= 0.3 is 12.0 Å². The molecule has 0 spiro atoms. The normalized spacial score (nSPS) is 23.6. The Balaban J connectivity index is 1.91. The molecule has 0 aliphatic heterocycles. The Bertz CT molecular complexity index is 505. The number of amides is 2. The third-order valence-electron chi connectivity index (χ3n) is 3.81. The molecule has 1 aliphatic carbocycles. The third-order valence-corrected chi connectivity index (χ3v) is 3.81. The number of aliphatic carboxylic acids is 1. The van der Waals surface area contributed by atoms with Crippen molar-refractivity contribution in [3.63, 3.8) is 0 Å². The average molecular weight is 310 g/mol. The van der Waals surface area contributed by atoms with Crippen molar-refractivity contribution >= 4 is 12.0 Å². The Morgan fingerprint density at radius 3 is 2.91 bits per heavy atom. The van der Waals surface area contributed by atoms with Crippen LogP contribution in [0.2, 0.25) is 0 Å². The van der Waals surface area contributed by atoms with Gasteiger partial charge in [-0.2, -0.15) is 5.10 Å². The second-order valence-electron chi connectivity index (χ2n) is 5.33. The maximum atomic E-state index is 12.1. The first kappa shape index (κ1) is 16.3. The number of hydrogen-bond donors (Lipinski definition) is 2. The minimum atomic E-state index is -0.922. The zero-order valence-electron chi connectivity index (χ0n) is 12.8. The van der Waals surface area contributed by atoms with E-state index in [2.05, 4.69) is 10.4 Å². The topological polar surface area (TPSA) is 96.7 Å². The van der Waals surface area contributed by atoms with Crippen LogP contribution in [0.15, 0.2) is 18.5 Å². The number of rotatable bonds is 7. The van der Waals surface area contributed by atoms with E-state index in [1.165, 1.54) is 4.90 Å². The number of carboxylic acid groups (broad SMARTS) is 1. The Hall–Kier alpha value is -2.09.